The summed E-state index contributed by atoms with van der Waals surface area (Å²) < 4.78 is 7.14. The van der Waals surface area contributed by atoms with E-state index < -0.39 is 0 Å². The molecule has 17 heavy (non-hydrogen) atoms. The van der Waals surface area contributed by atoms with Gasteiger partial charge in [0.2, 0.25) is 0 Å². The number of benzene rings is 1. The number of methoxy groups -OCH3 is 1. The summed E-state index contributed by atoms with van der Waals surface area (Å²) in [7, 11) is 3.50. The minimum absolute atomic E-state index is 0.645. The summed E-state index contributed by atoms with van der Waals surface area (Å²) in [6.07, 6.45) is 1.77. The quantitative estimate of drug-likeness (QED) is 0.862. The molecule has 1 aromatic carbocycles. The van der Waals surface area contributed by atoms with Crippen LogP contribution in [0.1, 0.15) is 11.1 Å². The third-order valence-corrected chi connectivity index (χ3v) is 3.16. The number of aromatic nitrogens is 2. The number of ether oxygens (including phenoxy) is 1. The molecule has 4 nitrogen and oxygen atoms in total. The summed E-state index contributed by atoms with van der Waals surface area (Å²) in [4.78, 5) is 0. The summed E-state index contributed by atoms with van der Waals surface area (Å²) in [5, 5.41) is 4.16. The Hall–Kier alpha value is -1.97. The van der Waals surface area contributed by atoms with Crippen molar-refractivity contribution in [3.8, 4) is 16.9 Å². The normalized spacial score (nSPS) is 10.6. The Balaban J connectivity index is 2.68. The molecule has 4 heteroatoms. The number of hydrogen-bond acceptors (Lipinski definition) is 3. The van der Waals surface area contributed by atoms with E-state index in [-0.39, 0.29) is 0 Å². The van der Waals surface area contributed by atoms with E-state index >= 15 is 0 Å². The molecule has 0 bridgehead atoms. The number of hydrogen-bond donors (Lipinski definition) is 1. The van der Waals surface area contributed by atoms with Gasteiger partial charge in [-0.15, -0.1) is 0 Å². The molecule has 0 aliphatic carbocycles. The summed E-state index contributed by atoms with van der Waals surface area (Å²) >= 11 is 0. The van der Waals surface area contributed by atoms with Gasteiger partial charge in [-0.1, -0.05) is 12.1 Å². The maximum absolute atomic E-state index is 5.99. The lowest BCUT2D eigenvalue weighted by molar-refractivity contribution is 0.413. The molecule has 0 aliphatic heterocycles. The molecule has 0 fully saturated rings. The van der Waals surface area contributed by atoms with E-state index in [4.69, 9.17) is 10.5 Å². The van der Waals surface area contributed by atoms with E-state index in [1.807, 2.05) is 20.0 Å². The molecule has 2 rings (SSSR count). The molecule has 2 aromatic rings. The molecule has 0 saturated carbocycles. The highest BCUT2D eigenvalue weighted by Gasteiger charge is 2.14. The first-order chi connectivity index (χ1) is 8.06. The van der Waals surface area contributed by atoms with Crippen molar-refractivity contribution in [2.24, 2.45) is 7.05 Å². The number of aryl methyl sites for hydroxylation is 2. The van der Waals surface area contributed by atoms with Crippen LogP contribution >= 0.6 is 0 Å². The van der Waals surface area contributed by atoms with Crippen LogP contribution in [0, 0.1) is 13.8 Å². The van der Waals surface area contributed by atoms with Gasteiger partial charge in [0, 0.05) is 18.2 Å². The molecule has 1 heterocycles. The fourth-order valence-electron chi connectivity index (χ4n) is 1.92. The molecule has 0 radical (unpaired) electrons. The van der Waals surface area contributed by atoms with Crippen molar-refractivity contribution in [2.45, 2.75) is 13.8 Å². The van der Waals surface area contributed by atoms with Gasteiger partial charge in [-0.05, 0) is 25.0 Å². The molecule has 2 N–H and O–H groups in total. The third kappa shape index (κ3) is 1.75. The van der Waals surface area contributed by atoms with Crippen molar-refractivity contribution in [2.75, 3.05) is 12.8 Å². The number of nitrogens with two attached hydrogens (primary N) is 1. The fraction of sp³-hybridized carbons (Fsp3) is 0.308. The predicted octanol–water partition coefficient (Wildman–Crippen LogP) is 2.29. The van der Waals surface area contributed by atoms with Crippen molar-refractivity contribution in [3.63, 3.8) is 0 Å². The van der Waals surface area contributed by atoms with E-state index in [1.165, 1.54) is 5.56 Å². The Morgan fingerprint density at radius 3 is 2.47 bits per heavy atom. The highest BCUT2D eigenvalue weighted by molar-refractivity contribution is 5.79. The molecule has 0 atom stereocenters. The van der Waals surface area contributed by atoms with E-state index in [1.54, 1.807) is 18.0 Å². The average Bonchev–Trinajstić information content (AvgIpc) is 2.64. The van der Waals surface area contributed by atoms with Crippen molar-refractivity contribution >= 4 is 5.82 Å². The van der Waals surface area contributed by atoms with Gasteiger partial charge in [-0.3, -0.25) is 4.68 Å². The van der Waals surface area contributed by atoms with Crippen molar-refractivity contribution in [1.29, 1.82) is 0 Å². The van der Waals surface area contributed by atoms with Crippen LogP contribution in [0.2, 0.25) is 0 Å². The summed E-state index contributed by atoms with van der Waals surface area (Å²) in [5.41, 5.74) is 10.2. The van der Waals surface area contributed by atoms with Gasteiger partial charge in [-0.2, -0.15) is 5.10 Å². The third-order valence-electron chi connectivity index (χ3n) is 3.16. The lowest BCUT2D eigenvalue weighted by Gasteiger charge is -2.13. The SMILES string of the molecule is COc1c(-c2cnn(C)c2N)ccc(C)c1C. The van der Waals surface area contributed by atoms with E-state index in [9.17, 15) is 0 Å². The zero-order valence-electron chi connectivity index (χ0n) is 10.6. The van der Waals surface area contributed by atoms with E-state index in [2.05, 4.69) is 18.1 Å². The van der Waals surface area contributed by atoms with Gasteiger partial charge in [0.05, 0.1) is 13.3 Å². The molecule has 1 aromatic heterocycles. The van der Waals surface area contributed by atoms with Gasteiger partial charge in [0.25, 0.3) is 0 Å². The molecule has 0 unspecified atom stereocenters. The summed E-state index contributed by atoms with van der Waals surface area (Å²) in [6.45, 7) is 4.11. The van der Waals surface area contributed by atoms with Crippen LogP contribution in [0.5, 0.6) is 5.75 Å². The van der Waals surface area contributed by atoms with Gasteiger partial charge in [0.15, 0.2) is 0 Å². The van der Waals surface area contributed by atoms with Crippen LogP contribution in [0.4, 0.5) is 5.82 Å². The van der Waals surface area contributed by atoms with E-state index in [0.717, 1.165) is 22.4 Å². The van der Waals surface area contributed by atoms with E-state index in [0.29, 0.717) is 5.82 Å². The predicted molar refractivity (Wildman–Crippen MR) is 69.1 cm³/mol. The van der Waals surface area contributed by atoms with Crippen molar-refractivity contribution in [1.82, 2.24) is 9.78 Å². The maximum atomic E-state index is 5.99. The zero-order chi connectivity index (χ0) is 12.6. The smallest absolute Gasteiger partial charge is 0.130 e. The second kappa shape index (κ2) is 4.13. The monoisotopic (exact) mass is 231 g/mol. The van der Waals surface area contributed by atoms with Gasteiger partial charge in [0.1, 0.15) is 11.6 Å². The minimum atomic E-state index is 0.645. The van der Waals surface area contributed by atoms with Crippen LogP contribution in [0.3, 0.4) is 0 Å². The second-order valence-electron chi connectivity index (χ2n) is 4.16. The van der Waals surface area contributed by atoms with Gasteiger partial charge < -0.3 is 10.5 Å². The Labute approximate surface area is 101 Å². The molecule has 0 saturated heterocycles. The molecule has 0 amide bonds. The number of rotatable bonds is 2. The zero-order valence-corrected chi connectivity index (χ0v) is 10.6. The van der Waals surface area contributed by atoms with Crippen LogP contribution < -0.4 is 10.5 Å². The first kappa shape index (κ1) is 11.5. The average molecular weight is 231 g/mol. The number of nitrogens with zero attached hydrogens (tertiary/aromatic N) is 2. The first-order valence-corrected chi connectivity index (χ1v) is 5.48. The van der Waals surface area contributed by atoms with Crippen LogP contribution in [0.15, 0.2) is 18.3 Å². The molecule has 0 spiro atoms. The second-order valence-corrected chi connectivity index (χ2v) is 4.16. The Bertz CT molecular complexity index is 558. The largest absolute Gasteiger partial charge is 0.496 e. The van der Waals surface area contributed by atoms with Gasteiger partial charge >= 0.3 is 0 Å². The van der Waals surface area contributed by atoms with Crippen molar-refractivity contribution in [3.05, 3.63) is 29.5 Å². The molecule has 90 valence electrons. The highest BCUT2D eigenvalue weighted by atomic mass is 16.5. The number of nitrogen functional groups attached to an aromatic ring is 1. The Morgan fingerprint density at radius 1 is 1.24 bits per heavy atom. The molecular weight excluding hydrogens is 214 g/mol. The van der Waals surface area contributed by atoms with Crippen molar-refractivity contribution < 1.29 is 4.74 Å². The Morgan fingerprint density at radius 2 is 1.94 bits per heavy atom. The van der Waals surface area contributed by atoms with Crippen LogP contribution in [-0.2, 0) is 7.05 Å². The van der Waals surface area contributed by atoms with Crippen LogP contribution in [0.25, 0.3) is 11.1 Å². The standard InChI is InChI=1S/C13H17N3O/c1-8-5-6-10(12(17-4)9(8)2)11-7-15-16(3)13(11)14/h5-7H,14H2,1-4H3. The molecular formula is C13H17N3O. The lowest BCUT2D eigenvalue weighted by atomic mass is 10.0. The highest BCUT2D eigenvalue weighted by Crippen LogP contribution is 2.36. The minimum Gasteiger partial charge on any atom is -0.496 e. The van der Waals surface area contributed by atoms with Gasteiger partial charge in [-0.25, -0.2) is 0 Å². The first-order valence-electron chi connectivity index (χ1n) is 5.48. The number of anilines is 1. The van der Waals surface area contributed by atoms with Crippen LogP contribution in [-0.4, -0.2) is 16.9 Å². The lowest BCUT2D eigenvalue weighted by Crippen LogP contribution is -1.99. The Kier molecular flexibility index (Phi) is 2.79. The fourth-order valence-corrected chi connectivity index (χ4v) is 1.92. The summed E-state index contributed by atoms with van der Waals surface area (Å²) in [5.74, 6) is 1.51. The summed E-state index contributed by atoms with van der Waals surface area (Å²) in [6, 6.07) is 4.09. The maximum Gasteiger partial charge on any atom is 0.130 e. The molecule has 0 aliphatic rings. The topological polar surface area (TPSA) is 53.1 Å².